The van der Waals surface area contributed by atoms with Crippen molar-refractivity contribution >= 4 is 22.8 Å². The Morgan fingerprint density at radius 2 is 2.05 bits per heavy atom. The third-order valence-corrected chi connectivity index (χ3v) is 4.16. The quantitative estimate of drug-likeness (QED) is 0.678. The highest BCUT2D eigenvalue weighted by atomic mass is 32.1. The van der Waals surface area contributed by atoms with E-state index in [0.717, 1.165) is 5.56 Å². The van der Waals surface area contributed by atoms with Crippen molar-refractivity contribution in [3.63, 3.8) is 0 Å². The van der Waals surface area contributed by atoms with Gasteiger partial charge in [0.1, 0.15) is 12.0 Å². The highest BCUT2D eigenvalue weighted by Gasteiger charge is 2.14. The average molecular weight is 291 g/mol. The predicted molar refractivity (Wildman–Crippen MR) is 81.5 cm³/mol. The molecule has 0 amide bonds. The molecular formula is C14H17N3O2S. The molecule has 5 nitrogen and oxygen atoms in total. The lowest BCUT2D eigenvalue weighted by atomic mass is 10.1. The molecule has 0 bridgehead atoms. The Morgan fingerprint density at radius 1 is 1.35 bits per heavy atom. The Morgan fingerprint density at radius 3 is 2.55 bits per heavy atom. The maximum Gasteiger partial charge on any atom is 0.287 e. The van der Waals surface area contributed by atoms with Crippen LogP contribution in [0, 0.1) is 30.9 Å². The molecule has 2 heterocycles. The summed E-state index contributed by atoms with van der Waals surface area (Å²) >= 11 is 1.77. The molecule has 2 aromatic rings. The van der Waals surface area contributed by atoms with E-state index in [1.807, 2.05) is 6.92 Å². The van der Waals surface area contributed by atoms with Gasteiger partial charge < -0.3 is 5.32 Å². The van der Waals surface area contributed by atoms with E-state index in [0.29, 0.717) is 5.82 Å². The lowest BCUT2D eigenvalue weighted by Crippen LogP contribution is -2.09. The Balaban J connectivity index is 2.22. The SMILES string of the molecule is Cc1cc(C(C)Nc2ncc([N+](=O)[O-])cc2C)c(C)s1. The number of nitro groups is 1. The van der Waals surface area contributed by atoms with Crippen LogP contribution in [0.1, 0.15) is 33.8 Å². The molecule has 0 aromatic carbocycles. The summed E-state index contributed by atoms with van der Waals surface area (Å²) in [6, 6.07) is 3.82. The van der Waals surface area contributed by atoms with Crippen LogP contribution in [0.2, 0.25) is 0 Å². The van der Waals surface area contributed by atoms with E-state index in [-0.39, 0.29) is 11.7 Å². The number of nitrogens with one attached hydrogen (secondary N) is 1. The molecule has 1 unspecified atom stereocenters. The van der Waals surface area contributed by atoms with Crippen LogP contribution in [0.4, 0.5) is 11.5 Å². The van der Waals surface area contributed by atoms with Gasteiger partial charge in [0.15, 0.2) is 0 Å². The zero-order chi connectivity index (χ0) is 14.9. The molecule has 0 aliphatic heterocycles. The number of hydrogen-bond acceptors (Lipinski definition) is 5. The molecule has 6 heteroatoms. The normalized spacial score (nSPS) is 12.2. The van der Waals surface area contributed by atoms with Crippen LogP contribution in [0.3, 0.4) is 0 Å². The number of nitrogens with zero attached hydrogens (tertiary/aromatic N) is 2. The van der Waals surface area contributed by atoms with Crippen molar-refractivity contribution in [2.24, 2.45) is 0 Å². The van der Waals surface area contributed by atoms with E-state index in [9.17, 15) is 10.1 Å². The summed E-state index contributed by atoms with van der Waals surface area (Å²) in [5.41, 5.74) is 2.03. The standard InChI is InChI=1S/C14H17N3O2S/c1-8-5-12(17(18)19)7-15-14(8)16-10(3)13-6-9(2)20-11(13)4/h5-7,10H,1-4H3,(H,15,16). The molecule has 0 aliphatic rings. The summed E-state index contributed by atoms with van der Waals surface area (Å²) in [7, 11) is 0. The van der Waals surface area contributed by atoms with Gasteiger partial charge >= 0.3 is 0 Å². The minimum Gasteiger partial charge on any atom is -0.363 e. The Hall–Kier alpha value is -1.95. The monoisotopic (exact) mass is 291 g/mol. The van der Waals surface area contributed by atoms with E-state index < -0.39 is 4.92 Å². The van der Waals surface area contributed by atoms with Crippen LogP contribution in [-0.4, -0.2) is 9.91 Å². The van der Waals surface area contributed by atoms with Crippen molar-refractivity contribution in [3.8, 4) is 0 Å². The lowest BCUT2D eigenvalue weighted by molar-refractivity contribution is -0.385. The smallest absolute Gasteiger partial charge is 0.287 e. The van der Waals surface area contributed by atoms with Crippen LogP contribution >= 0.6 is 11.3 Å². The molecule has 0 saturated carbocycles. The number of hydrogen-bond donors (Lipinski definition) is 1. The van der Waals surface area contributed by atoms with Crippen LogP contribution in [0.5, 0.6) is 0 Å². The van der Waals surface area contributed by atoms with Gasteiger partial charge in [0.25, 0.3) is 5.69 Å². The fourth-order valence-corrected chi connectivity index (χ4v) is 3.20. The number of pyridine rings is 1. The third-order valence-electron chi connectivity index (χ3n) is 3.17. The van der Waals surface area contributed by atoms with E-state index in [2.05, 4.69) is 37.1 Å². The highest BCUT2D eigenvalue weighted by Crippen LogP contribution is 2.29. The largest absolute Gasteiger partial charge is 0.363 e. The number of thiophene rings is 1. The summed E-state index contributed by atoms with van der Waals surface area (Å²) in [4.78, 5) is 17.0. The Bertz CT molecular complexity index is 652. The Labute approximate surface area is 121 Å². The minimum absolute atomic E-state index is 0.0169. The fraction of sp³-hybridized carbons (Fsp3) is 0.357. The second kappa shape index (κ2) is 5.58. The topological polar surface area (TPSA) is 68.1 Å². The van der Waals surface area contributed by atoms with Crippen LogP contribution in [0.25, 0.3) is 0 Å². The molecular weight excluding hydrogens is 274 g/mol. The maximum absolute atomic E-state index is 10.7. The van der Waals surface area contributed by atoms with Crippen molar-refractivity contribution in [2.75, 3.05) is 5.32 Å². The van der Waals surface area contributed by atoms with Gasteiger partial charge in [-0.25, -0.2) is 4.98 Å². The zero-order valence-corrected chi connectivity index (χ0v) is 12.7. The molecule has 1 N–H and O–H groups in total. The number of aromatic nitrogens is 1. The summed E-state index contributed by atoms with van der Waals surface area (Å²) in [6.45, 7) is 8.07. The van der Waals surface area contributed by atoms with Gasteiger partial charge in [-0.3, -0.25) is 10.1 Å². The molecule has 106 valence electrons. The molecule has 20 heavy (non-hydrogen) atoms. The summed E-state index contributed by atoms with van der Waals surface area (Å²) < 4.78 is 0. The fourth-order valence-electron chi connectivity index (χ4n) is 2.17. The van der Waals surface area contributed by atoms with Gasteiger partial charge in [0.2, 0.25) is 0 Å². The zero-order valence-electron chi connectivity index (χ0n) is 11.9. The first-order valence-electron chi connectivity index (χ1n) is 6.33. The summed E-state index contributed by atoms with van der Waals surface area (Å²) in [5, 5.41) is 14.0. The van der Waals surface area contributed by atoms with Gasteiger partial charge in [-0.05, 0) is 44.9 Å². The van der Waals surface area contributed by atoms with Crippen LogP contribution in [0.15, 0.2) is 18.3 Å². The molecule has 0 saturated heterocycles. The average Bonchev–Trinajstić information content (AvgIpc) is 2.70. The molecule has 2 aromatic heterocycles. The van der Waals surface area contributed by atoms with E-state index in [4.69, 9.17) is 0 Å². The number of rotatable bonds is 4. The summed E-state index contributed by atoms with van der Waals surface area (Å²) in [6.07, 6.45) is 1.29. The van der Waals surface area contributed by atoms with Crippen LogP contribution < -0.4 is 5.32 Å². The van der Waals surface area contributed by atoms with Gasteiger partial charge in [0, 0.05) is 15.8 Å². The molecule has 0 fully saturated rings. The first-order valence-corrected chi connectivity index (χ1v) is 7.14. The number of aryl methyl sites for hydroxylation is 3. The van der Waals surface area contributed by atoms with Gasteiger partial charge in [-0.2, -0.15) is 0 Å². The van der Waals surface area contributed by atoms with Gasteiger partial charge in [0.05, 0.1) is 11.0 Å². The second-order valence-electron chi connectivity index (χ2n) is 4.85. The highest BCUT2D eigenvalue weighted by molar-refractivity contribution is 7.12. The predicted octanol–water partition coefficient (Wildman–Crippen LogP) is 4.15. The molecule has 0 radical (unpaired) electrons. The van der Waals surface area contributed by atoms with Gasteiger partial charge in [-0.15, -0.1) is 11.3 Å². The number of anilines is 1. The molecule has 2 rings (SSSR count). The molecule has 1 atom stereocenters. The van der Waals surface area contributed by atoms with E-state index in [1.165, 1.54) is 27.6 Å². The Kier molecular flexibility index (Phi) is 4.04. The maximum atomic E-state index is 10.7. The minimum atomic E-state index is -0.431. The van der Waals surface area contributed by atoms with E-state index in [1.54, 1.807) is 11.3 Å². The van der Waals surface area contributed by atoms with Crippen molar-refractivity contribution < 1.29 is 4.92 Å². The summed E-state index contributed by atoms with van der Waals surface area (Å²) in [5.74, 6) is 0.686. The molecule has 0 aliphatic carbocycles. The van der Waals surface area contributed by atoms with Crippen molar-refractivity contribution in [1.29, 1.82) is 0 Å². The first kappa shape index (κ1) is 14.5. The molecule has 0 spiro atoms. The first-order chi connectivity index (χ1) is 9.38. The van der Waals surface area contributed by atoms with Crippen molar-refractivity contribution in [3.05, 3.63) is 49.3 Å². The lowest BCUT2D eigenvalue weighted by Gasteiger charge is -2.16. The van der Waals surface area contributed by atoms with Gasteiger partial charge in [-0.1, -0.05) is 0 Å². The van der Waals surface area contributed by atoms with E-state index >= 15 is 0 Å². The second-order valence-corrected chi connectivity index (χ2v) is 6.31. The van der Waals surface area contributed by atoms with Crippen molar-refractivity contribution in [2.45, 2.75) is 33.7 Å². The van der Waals surface area contributed by atoms with Crippen molar-refractivity contribution in [1.82, 2.24) is 4.98 Å². The third kappa shape index (κ3) is 2.96. The van der Waals surface area contributed by atoms with Crippen LogP contribution in [-0.2, 0) is 0 Å².